The quantitative estimate of drug-likeness (QED) is 0.625. The van der Waals surface area contributed by atoms with E-state index in [4.69, 9.17) is 4.74 Å². The lowest BCUT2D eigenvalue weighted by atomic mass is 9.72. The summed E-state index contributed by atoms with van der Waals surface area (Å²) in [7, 11) is 1.61. The second kappa shape index (κ2) is 4.48. The van der Waals surface area contributed by atoms with Crippen LogP contribution in [0, 0.1) is 0 Å². The Morgan fingerprint density at radius 2 is 2.21 bits per heavy atom. The molecule has 1 aromatic heterocycles. The van der Waals surface area contributed by atoms with Crippen molar-refractivity contribution in [1.82, 2.24) is 4.98 Å². The van der Waals surface area contributed by atoms with E-state index >= 15 is 0 Å². The minimum absolute atomic E-state index is 0.378. The topological polar surface area (TPSA) is 51.6 Å². The minimum Gasteiger partial charge on any atom is -0.481 e. The van der Waals surface area contributed by atoms with Gasteiger partial charge < -0.3 is 4.74 Å². The number of aromatic nitrogens is 1. The summed E-state index contributed by atoms with van der Waals surface area (Å²) in [6, 6.07) is 8.02. The van der Waals surface area contributed by atoms with Crippen molar-refractivity contribution < 1.29 is 9.53 Å². The van der Waals surface area contributed by atoms with Crippen LogP contribution < -0.4 is 4.74 Å². The predicted molar refractivity (Wildman–Crippen MR) is 71.9 cm³/mol. The maximum Gasteiger partial charge on any atom is 0.235 e. The molecule has 1 fully saturated rings. The fourth-order valence-electron chi connectivity index (χ4n) is 2.66. The maximum absolute atomic E-state index is 10.6. The van der Waals surface area contributed by atoms with Gasteiger partial charge >= 0.3 is 0 Å². The van der Waals surface area contributed by atoms with Gasteiger partial charge in [-0.3, -0.25) is 0 Å². The Bertz CT molecular complexity index is 671. The first kappa shape index (κ1) is 11.9. The highest BCUT2D eigenvalue weighted by atomic mass is 16.5. The van der Waals surface area contributed by atoms with Crippen LogP contribution in [0.15, 0.2) is 35.5 Å². The summed E-state index contributed by atoms with van der Waals surface area (Å²) in [6.07, 6.45) is 6.33. The molecule has 1 aromatic carbocycles. The molecule has 0 spiro atoms. The lowest BCUT2D eigenvalue weighted by Crippen LogP contribution is -2.31. The second-order valence-corrected chi connectivity index (χ2v) is 4.84. The van der Waals surface area contributed by atoms with E-state index in [2.05, 4.69) is 9.98 Å². The summed E-state index contributed by atoms with van der Waals surface area (Å²) in [5.41, 5.74) is 0.664. The molecule has 0 atom stereocenters. The summed E-state index contributed by atoms with van der Waals surface area (Å²) in [5, 5.41) is 2.02. The molecule has 4 nitrogen and oxygen atoms in total. The van der Waals surface area contributed by atoms with E-state index in [9.17, 15) is 4.79 Å². The number of rotatable bonds is 3. The second-order valence-electron chi connectivity index (χ2n) is 4.84. The number of aliphatic imine (C=N–C) groups is 1. The molecule has 19 heavy (non-hydrogen) atoms. The number of fused-ring (bicyclic) bond motifs is 1. The van der Waals surface area contributed by atoms with Crippen LogP contribution in [0.1, 0.15) is 24.8 Å². The van der Waals surface area contributed by atoms with Gasteiger partial charge in [0.05, 0.1) is 12.6 Å². The number of hydrogen-bond donors (Lipinski definition) is 0. The molecule has 0 unspecified atom stereocenters. The number of hydrogen-bond acceptors (Lipinski definition) is 4. The van der Waals surface area contributed by atoms with Gasteiger partial charge in [0, 0.05) is 11.6 Å². The molecule has 2 aromatic rings. The van der Waals surface area contributed by atoms with Crippen molar-refractivity contribution >= 4 is 16.9 Å². The van der Waals surface area contributed by atoms with Crippen molar-refractivity contribution in [2.24, 2.45) is 4.99 Å². The molecule has 1 aliphatic carbocycles. The fourth-order valence-corrected chi connectivity index (χ4v) is 2.66. The number of ether oxygens (including phenoxy) is 1. The van der Waals surface area contributed by atoms with Crippen LogP contribution in [0.5, 0.6) is 5.88 Å². The Hall–Kier alpha value is -2.19. The third-order valence-corrected chi connectivity index (χ3v) is 3.90. The Morgan fingerprint density at radius 3 is 2.84 bits per heavy atom. The van der Waals surface area contributed by atoms with Crippen molar-refractivity contribution in [3.8, 4) is 5.88 Å². The van der Waals surface area contributed by atoms with E-state index in [0.717, 1.165) is 35.6 Å². The highest BCUT2D eigenvalue weighted by Crippen LogP contribution is 2.45. The van der Waals surface area contributed by atoms with Crippen LogP contribution >= 0.6 is 0 Å². The molecule has 1 heterocycles. The molecule has 0 bridgehead atoms. The lowest BCUT2D eigenvalue weighted by Gasteiger charge is -2.37. The lowest BCUT2D eigenvalue weighted by molar-refractivity contribution is 0.256. The zero-order chi connectivity index (χ0) is 13.3. The maximum atomic E-state index is 10.6. The average molecular weight is 254 g/mol. The third-order valence-electron chi connectivity index (χ3n) is 3.90. The molecule has 4 heteroatoms. The first-order chi connectivity index (χ1) is 9.29. The van der Waals surface area contributed by atoms with Gasteiger partial charge in [0.25, 0.3) is 0 Å². The van der Waals surface area contributed by atoms with Gasteiger partial charge in [0.1, 0.15) is 0 Å². The molecular formula is C15H14N2O2. The van der Waals surface area contributed by atoms with Crippen LogP contribution in [-0.4, -0.2) is 18.2 Å². The van der Waals surface area contributed by atoms with E-state index < -0.39 is 0 Å². The number of pyridine rings is 1. The number of carbonyl (C=O) groups excluding carboxylic acids is 1. The van der Waals surface area contributed by atoms with Gasteiger partial charge in [-0.25, -0.2) is 9.78 Å². The number of isocyanates is 1. The summed E-state index contributed by atoms with van der Waals surface area (Å²) in [5.74, 6) is 0.601. The number of benzene rings is 1. The van der Waals surface area contributed by atoms with Crippen LogP contribution in [0.25, 0.3) is 10.8 Å². The summed E-state index contributed by atoms with van der Waals surface area (Å²) < 4.78 is 5.29. The van der Waals surface area contributed by atoms with Crippen LogP contribution in [0.4, 0.5) is 0 Å². The normalized spacial score (nSPS) is 16.5. The van der Waals surface area contributed by atoms with Crippen molar-refractivity contribution in [2.45, 2.75) is 24.8 Å². The van der Waals surface area contributed by atoms with Gasteiger partial charge in [-0.15, -0.1) is 0 Å². The minimum atomic E-state index is -0.378. The molecule has 96 valence electrons. The Morgan fingerprint density at radius 1 is 1.37 bits per heavy atom. The van der Waals surface area contributed by atoms with Gasteiger partial charge in [-0.2, -0.15) is 4.99 Å². The first-order valence-electron chi connectivity index (χ1n) is 6.31. The van der Waals surface area contributed by atoms with Gasteiger partial charge in [-0.05, 0) is 42.3 Å². The zero-order valence-electron chi connectivity index (χ0n) is 10.7. The Labute approximate surface area is 111 Å². The van der Waals surface area contributed by atoms with Crippen LogP contribution in [-0.2, 0) is 10.3 Å². The molecule has 0 amide bonds. The van der Waals surface area contributed by atoms with Crippen LogP contribution in [0.2, 0.25) is 0 Å². The average Bonchev–Trinajstić information content (AvgIpc) is 2.41. The highest BCUT2D eigenvalue weighted by molar-refractivity contribution is 5.87. The molecule has 0 radical (unpaired) electrons. The van der Waals surface area contributed by atoms with Crippen LogP contribution in [0.3, 0.4) is 0 Å². The molecule has 0 N–H and O–H groups in total. The summed E-state index contributed by atoms with van der Waals surface area (Å²) >= 11 is 0. The van der Waals surface area contributed by atoms with Crippen molar-refractivity contribution in [3.05, 3.63) is 36.0 Å². The van der Waals surface area contributed by atoms with Crippen molar-refractivity contribution in [2.75, 3.05) is 7.11 Å². The van der Waals surface area contributed by atoms with Gasteiger partial charge in [0.2, 0.25) is 12.0 Å². The predicted octanol–water partition coefficient (Wildman–Crippen LogP) is 2.96. The number of methoxy groups -OCH3 is 1. The van der Waals surface area contributed by atoms with Crippen molar-refractivity contribution in [1.29, 1.82) is 0 Å². The standard InChI is InChI=1S/C15H14N2O2/c1-19-14-13-9-12(4-3-11(13)5-8-16-14)15(17-10-18)6-2-7-15/h3-5,8-9H,2,6-7H2,1H3. The summed E-state index contributed by atoms with van der Waals surface area (Å²) in [6.45, 7) is 0. The third kappa shape index (κ3) is 1.81. The zero-order valence-corrected chi connectivity index (χ0v) is 10.7. The van der Waals surface area contributed by atoms with Gasteiger partial charge in [0.15, 0.2) is 0 Å². The monoisotopic (exact) mass is 254 g/mol. The van der Waals surface area contributed by atoms with Crippen molar-refractivity contribution in [3.63, 3.8) is 0 Å². The SMILES string of the molecule is COc1nccc2ccc(C3(N=C=O)CCC3)cc12. The first-order valence-corrected chi connectivity index (χ1v) is 6.31. The Balaban J connectivity index is 2.18. The van der Waals surface area contributed by atoms with E-state index in [1.807, 2.05) is 24.3 Å². The summed E-state index contributed by atoms with van der Waals surface area (Å²) in [4.78, 5) is 18.9. The molecular weight excluding hydrogens is 240 g/mol. The number of nitrogens with zero attached hydrogens (tertiary/aromatic N) is 2. The van der Waals surface area contributed by atoms with Gasteiger partial charge in [-0.1, -0.05) is 12.1 Å². The molecule has 1 aliphatic rings. The highest BCUT2D eigenvalue weighted by Gasteiger charge is 2.39. The van der Waals surface area contributed by atoms with E-state index in [1.165, 1.54) is 0 Å². The van der Waals surface area contributed by atoms with E-state index in [-0.39, 0.29) is 5.54 Å². The molecule has 0 saturated heterocycles. The van der Waals surface area contributed by atoms with E-state index in [1.54, 1.807) is 19.4 Å². The molecule has 0 aliphatic heterocycles. The fraction of sp³-hybridized carbons (Fsp3) is 0.333. The largest absolute Gasteiger partial charge is 0.481 e. The smallest absolute Gasteiger partial charge is 0.235 e. The molecule has 1 saturated carbocycles. The molecule has 3 rings (SSSR count). The van der Waals surface area contributed by atoms with E-state index in [0.29, 0.717) is 5.88 Å². The Kier molecular flexibility index (Phi) is 2.80.